The molecule has 8 nitrogen and oxygen atoms in total. The van der Waals surface area contributed by atoms with E-state index in [0.717, 1.165) is 33.9 Å². The Balaban J connectivity index is 1.79. The second-order valence-corrected chi connectivity index (χ2v) is 7.35. The lowest BCUT2D eigenvalue weighted by Gasteiger charge is -2.29. The van der Waals surface area contributed by atoms with Gasteiger partial charge in [0.25, 0.3) is 5.91 Å². The molecule has 1 aliphatic rings. The van der Waals surface area contributed by atoms with Crippen LogP contribution in [0.4, 0.5) is 0 Å². The highest BCUT2D eigenvalue weighted by Gasteiger charge is 2.43. The Morgan fingerprint density at radius 2 is 1.66 bits per heavy atom. The van der Waals surface area contributed by atoms with Gasteiger partial charge >= 0.3 is 0 Å². The molecule has 32 heavy (non-hydrogen) atoms. The molecule has 1 aliphatic heterocycles. The van der Waals surface area contributed by atoms with Gasteiger partial charge in [-0.25, -0.2) is 0 Å². The first-order valence-electron chi connectivity index (χ1n) is 10.4. The molecule has 4 rings (SSSR count). The molecule has 0 aliphatic carbocycles. The number of aromatic amines is 1. The number of aromatic nitrogens is 2. The summed E-state index contributed by atoms with van der Waals surface area (Å²) in [6, 6.07) is 15.1. The summed E-state index contributed by atoms with van der Waals surface area (Å²) in [5.41, 5.74) is 3.87. The van der Waals surface area contributed by atoms with Crippen LogP contribution in [0.15, 0.2) is 48.5 Å². The number of hydrogen-bond donors (Lipinski definition) is 1. The number of benzene rings is 2. The summed E-state index contributed by atoms with van der Waals surface area (Å²) in [5.74, 6) is 1.39. The standard InChI is InChI=1S/C24H27N3O5/c1-5-32-18-12-8-16(9-13-18)23-20-21(15-6-10-17(29-2)11-7-15)25-26-22(20)24(28)27(23)14-19(30-3)31-4/h6-13,19,23H,5,14H2,1-4H3,(H,25,26). The van der Waals surface area contributed by atoms with Crippen LogP contribution in [0.25, 0.3) is 11.3 Å². The maximum Gasteiger partial charge on any atom is 0.273 e. The molecule has 1 unspecified atom stereocenters. The first-order valence-corrected chi connectivity index (χ1v) is 10.4. The molecule has 1 amide bonds. The van der Waals surface area contributed by atoms with Crippen LogP contribution < -0.4 is 9.47 Å². The Bertz CT molecular complexity index is 1060. The fraction of sp³-hybridized carbons (Fsp3) is 0.333. The van der Waals surface area contributed by atoms with E-state index in [-0.39, 0.29) is 18.5 Å². The number of carbonyl (C=O) groups excluding carboxylic acids is 1. The zero-order chi connectivity index (χ0) is 22.7. The Morgan fingerprint density at radius 1 is 1.00 bits per heavy atom. The zero-order valence-corrected chi connectivity index (χ0v) is 18.6. The van der Waals surface area contributed by atoms with E-state index < -0.39 is 6.29 Å². The molecular weight excluding hydrogens is 410 g/mol. The van der Waals surface area contributed by atoms with Crippen molar-refractivity contribution in [3.63, 3.8) is 0 Å². The molecule has 0 saturated carbocycles. The Morgan fingerprint density at radius 3 is 2.25 bits per heavy atom. The van der Waals surface area contributed by atoms with E-state index in [9.17, 15) is 4.79 Å². The van der Waals surface area contributed by atoms with Crippen LogP contribution in [0.2, 0.25) is 0 Å². The topological polar surface area (TPSA) is 85.9 Å². The van der Waals surface area contributed by atoms with Crippen molar-refractivity contribution in [2.45, 2.75) is 19.3 Å². The van der Waals surface area contributed by atoms with Gasteiger partial charge in [-0.15, -0.1) is 0 Å². The van der Waals surface area contributed by atoms with Crippen LogP contribution in [0.3, 0.4) is 0 Å². The van der Waals surface area contributed by atoms with E-state index in [1.165, 1.54) is 0 Å². The number of fused-ring (bicyclic) bond motifs is 1. The van der Waals surface area contributed by atoms with Gasteiger partial charge in [-0.2, -0.15) is 5.10 Å². The first-order chi connectivity index (χ1) is 15.6. The summed E-state index contributed by atoms with van der Waals surface area (Å²) >= 11 is 0. The molecule has 8 heteroatoms. The first kappa shape index (κ1) is 21.9. The largest absolute Gasteiger partial charge is 0.497 e. The van der Waals surface area contributed by atoms with Gasteiger partial charge in [0.05, 0.1) is 32.0 Å². The highest BCUT2D eigenvalue weighted by molar-refractivity contribution is 6.00. The van der Waals surface area contributed by atoms with Gasteiger partial charge in [0.15, 0.2) is 6.29 Å². The third kappa shape index (κ3) is 3.94. The van der Waals surface area contributed by atoms with E-state index >= 15 is 0 Å². The van der Waals surface area contributed by atoms with Crippen LogP contribution >= 0.6 is 0 Å². The molecule has 1 atom stereocenters. The fourth-order valence-electron chi connectivity index (χ4n) is 4.02. The molecule has 2 heterocycles. The average Bonchev–Trinajstić information content (AvgIpc) is 3.37. The molecule has 0 radical (unpaired) electrons. The Labute approximate surface area is 187 Å². The van der Waals surface area contributed by atoms with Gasteiger partial charge in [0, 0.05) is 25.3 Å². The summed E-state index contributed by atoms with van der Waals surface area (Å²) in [6.45, 7) is 2.80. The lowest BCUT2D eigenvalue weighted by atomic mass is 9.96. The molecule has 0 spiro atoms. The van der Waals surface area contributed by atoms with Crippen LogP contribution in [0, 0.1) is 0 Å². The molecular formula is C24H27N3O5. The average molecular weight is 437 g/mol. The minimum Gasteiger partial charge on any atom is -0.497 e. The maximum atomic E-state index is 13.4. The number of ether oxygens (including phenoxy) is 4. The number of carbonyl (C=O) groups is 1. The quantitative estimate of drug-likeness (QED) is 0.515. The number of H-pyrrole nitrogens is 1. The Hall–Kier alpha value is -3.36. The summed E-state index contributed by atoms with van der Waals surface area (Å²) < 4.78 is 21.6. The monoisotopic (exact) mass is 437 g/mol. The fourth-order valence-corrected chi connectivity index (χ4v) is 4.02. The molecule has 168 valence electrons. The van der Waals surface area contributed by atoms with Crippen molar-refractivity contribution >= 4 is 5.91 Å². The third-order valence-corrected chi connectivity index (χ3v) is 5.61. The third-order valence-electron chi connectivity index (χ3n) is 5.61. The number of rotatable bonds is 9. The normalized spacial score (nSPS) is 15.3. The molecule has 1 aromatic heterocycles. The van der Waals surface area contributed by atoms with Gasteiger partial charge < -0.3 is 23.8 Å². The van der Waals surface area contributed by atoms with Crippen LogP contribution in [0.5, 0.6) is 11.5 Å². The molecule has 0 bridgehead atoms. The van der Waals surface area contributed by atoms with Gasteiger partial charge in [-0.3, -0.25) is 9.89 Å². The minimum atomic E-state index is -0.550. The van der Waals surface area contributed by atoms with Gasteiger partial charge in [0.2, 0.25) is 0 Å². The van der Waals surface area contributed by atoms with E-state index in [2.05, 4.69) is 10.2 Å². The predicted octanol–water partition coefficient (Wildman–Crippen LogP) is 3.65. The number of hydrogen-bond acceptors (Lipinski definition) is 6. The molecule has 1 N–H and O–H groups in total. The summed E-state index contributed by atoms with van der Waals surface area (Å²) in [5, 5.41) is 7.45. The van der Waals surface area contributed by atoms with E-state index in [0.29, 0.717) is 12.3 Å². The lowest BCUT2D eigenvalue weighted by molar-refractivity contribution is -0.113. The van der Waals surface area contributed by atoms with E-state index in [4.69, 9.17) is 18.9 Å². The van der Waals surface area contributed by atoms with Crippen molar-refractivity contribution in [3.8, 4) is 22.8 Å². The predicted molar refractivity (Wildman–Crippen MR) is 119 cm³/mol. The number of amides is 1. The highest BCUT2D eigenvalue weighted by Crippen LogP contribution is 2.43. The van der Waals surface area contributed by atoms with Gasteiger partial charge in [0.1, 0.15) is 17.2 Å². The zero-order valence-electron chi connectivity index (χ0n) is 18.6. The van der Waals surface area contributed by atoms with Crippen molar-refractivity contribution in [2.75, 3.05) is 34.5 Å². The summed E-state index contributed by atoms with van der Waals surface area (Å²) in [6.07, 6.45) is -0.550. The smallest absolute Gasteiger partial charge is 0.273 e. The lowest BCUT2D eigenvalue weighted by Crippen LogP contribution is -2.38. The number of nitrogens with one attached hydrogen (secondary N) is 1. The van der Waals surface area contributed by atoms with Crippen molar-refractivity contribution in [1.82, 2.24) is 15.1 Å². The van der Waals surface area contributed by atoms with Crippen LogP contribution in [0.1, 0.15) is 34.6 Å². The van der Waals surface area contributed by atoms with Crippen LogP contribution in [-0.2, 0) is 9.47 Å². The molecule has 0 saturated heterocycles. The minimum absolute atomic E-state index is 0.148. The number of methoxy groups -OCH3 is 3. The Kier molecular flexibility index (Phi) is 6.43. The van der Waals surface area contributed by atoms with E-state index in [1.807, 2.05) is 55.5 Å². The van der Waals surface area contributed by atoms with Crippen molar-refractivity contribution in [3.05, 3.63) is 65.4 Å². The van der Waals surface area contributed by atoms with Crippen LogP contribution in [-0.4, -0.2) is 61.8 Å². The highest BCUT2D eigenvalue weighted by atomic mass is 16.7. The van der Waals surface area contributed by atoms with Crippen molar-refractivity contribution < 1.29 is 23.7 Å². The van der Waals surface area contributed by atoms with Gasteiger partial charge in [-0.1, -0.05) is 12.1 Å². The summed E-state index contributed by atoms with van der Waals surface area (Å²) in [4.78, 5) is 15.1. The number of nitrogens with zero attached hydrogens (tertiary/aromatic N) is 2. The summed E-state index contributed by atoms with van der Waals surface area (Å²) in [7, 11) is 4.75. The van der Waals surface area contributed by atoms with Crippen molar-refractivity contribution in [2.24, 2.45) is 0 Å². The molecule has 2 aromatic carbocycles. The second kappa shape index (κ2) is 9.42. The maximum absolute atomic E-state index is 13.4. The van der Waals surface area contributed by atoms with Crippen molar-refractivity contribution in [1.29, 1.82) is 0 Å². The second-order valence-electron chi connectivity index (χ2n) is 7.35. The van der Waals surface area contributed by atoms with E-state index in [1.54, 1.807) is 26.2 Å². The SMILES string of the molecule is CCOc1ccc(C2c3c(-c4ccc(OC)cc4)n[nH]c3C(=O)N2CC(OC)OC)cc1. The molecule has 0 fully saturated rings. The van der Waals surface area contributed by atoms with Gasteiger partial charge in [-0.05, 0) is 48.9 Å². The molecule has 3 aromatic rings.